The van der Waals surface area contributed by atoms with Gasteiger partial charge in [0.15, 0.2) is 0 Å². The normalized spacial score (nSPS) is 18.2. The number of anilines is 1. The molecule has 1 atom stereocenters. The van der Waals surface area contributed by atoms with E-state index in [1.165, 1.54) is 11.3 Å². The van der Waals surface area contributed by atoms with Crippen LogP contribution in [0.1, 0.15) is 12.0 Å². The molecule has 0 aliphatic carbocycles. The number of thioether (sulfide) groups is 1. The van der Waals surface area contributed by atoms with Crippen LogP contribution in [0.15, 0.2) is 40.9 Å². The van der Waals surface area contributed by atoms with Crippen LogP contribution in [-0.4, -0.2) is 22.7 Å². The first-order valence-corrected chi connectivity index (χ1v) is 7.91. The molecule has 1 saturated heterocycles. The van der Waals surface area contributed by atoms with E-state index in [-0.39, 0.29) is 11.2 Å². The van der Waals surface area contributed by atoms with Crippen molar-refractivity contribution < 1.29 is 4.79 Å². The van der Waals surface area contributed by atoms with Crippen molar-refractivity contribution in [2.24, 2.45) is 0 Å². The predicted molar refractivity (Wildman–Crippen MR) is 79.9 cm³/mol. The van der Waals surface area contributed by atoms with E-state index in [9.17, 15) is 4.79 Å². The number of hydrogen-bond donors (Lipinski definition) is 0. The molecule has 1 aliphatic heterocycles. The molecule has 0 saturated carbocycles. The minimum absolute atomic E-state index is 0.0777. The first-order chi connectivity index (χ1) is 9.79. The second kappa shape index (κ2) is 5.65. The van der Waals surface area contributed by atoms with Crippen LogP contribution in [0.3, 0.4) is 0 Å². The molecule has 0 bridgehead atoms. The summed E-state index contributed by atoms with van der Waals surface area (Å²) in [5.74, 6) is 0.0887. The average Bonchev–Trinajstić information content (AvgIpc) is 3.07. The molecule has 20 heavy (non-hydrogen) atoms. The summed E-state index contributed by atoms with van der Waals surface area (Å²) in [4.78, 5) is 19.2. The van der Waals surface area contributed by atoms with Crippen molar-refractivity contribution >= 4 is 34.0 Å². The van der Waals surface area contributed by atoms with Crippen molar-refractivity contribution in [3.63, 3.8) is 0 Å². The molecule has 100 valence electrons. The second-order valence-electron chi connectivity index (χ2n) is 4.32. The van der Waals surface area contributed by atoms with Crippen LogP contribution in [0.25, 0.3) is 0 Å². The summed E-state index contributed by atoms with van der Waals surface area (Å²) in [6.07, 6.45) is 4.26. The van der Waals surface area contributed by atoms with Crippen molar-refractivity contribution in [2.45, 2.75) is 16.6 Å². The van der Waals surface area contributed by atoms with Gasteiger partial charge in [0, 0.05) is 23.8 Å². The van der Waals surface area contributed by atoms with E-state index in [0.29, 0.717) is 12.1 Å². The van der Waals surface area contributed by atoms with Gasteiger partial charge in [-0.15, -0.1) is 23.1 Å². The third kappa shape index (κ3) is 2.42. The Kier molecular flexibility index (Phi) is 3.72. The SMILES string of the molecule is N#Cc1ccsc1N1CCC(Sc2ccncc2)C1=O. The minimum atomic E-state index is -0.0777. The summed E-state index contributed by atoms with van der Waals surface area (Å²) < 4.78 is 0. The number of nitriles is 1. The molecule has 1 unspecified atom stereocenters. The Hall–Kier alpha value is -1.84. The van der Waals surface area contributed by atoms with Crippen LogP contribution in [-0.2, 0) is 4.79 Å². The molecule has 6 heteroatoms. The molecule has 3 heterocycles. The van der Waals surface area contributed by atoms with Gasteiger partial charge < -0.3 is 4.90 Å². The zero-order chi connectivity index (χ0) is 13.9. The van der Waals surface area contributed by atoms with Crippen LogP contribution < -0.4 is 4.90 Å². The molecule has 0 aromatic carbocycles. The van der Waals surface area contributed by atoms with Gasteiger partial charge in [-0.25, -0.2) is 0 Å². The van der Waals surface area contributed by atoms with Gasteiger partial charge in [0.05, 0.1) is 10.8 Å². The number of hydrogen-bond acceptors (Lipinski definition) is 5. The standard InChI is InChI=1S/C14H11N3OS2/c15-9-10-4-8-19-14(10)17-7-3-12(13(17)18)20-11-1-5-16-6-2-11/h1-2,4-6,8,12H,3,7H2. The molecule has 2 aromatic heterocycles. The number of thiophene rings is 1. The van der Waals surface area contributed by atoms with E-state index >= 15 is 0 Å². The number of carbonyl (C=O) groups excluding carboxylic acids is 1. The third-order valence-electron chi connectivity index (χ3n) is 3.09. The topological polar surface area (TPSA) is 57.0 Å². The molecular formula is C14H11N3OS2. The van der Waals surface area contributed by atoms with Gasteiger partial charge in [-0.05, 0) is 30.0 Å². The number of rotatable bonds is 3. The van der Waals surface area contributed by atoms with Crippen molar-refractivity contribution in [3.05, 3.63) is 41.5 Å². The van der Waals surface area contributed by atoms with Crippen LogP contribution in [0.2, 0.25) is 0 Å². The number of pyridine rings is 1. The minimum Gasteiger partial charge on any atom is -0.302 e. The highest BCUT2D eigenvalue weighted by atomic mass is 32.2. The van der Waals surface area contributed by atoms with Gasteiger partial charge in [0.25, 0.3) is 0 Å². The van der Waals surface area contributed by atoms with Gasteiger partial charge in [-0.1, -0.05) is 0 Å². The molecule has 1 amide bonds. The Morgan fingerprint density at radius 1 is 1.40 bits per heavy atom. The summed E-state index contributed by atoms with van der Waals surface area (Å²) in [7, 11) is 0. The first-order valence-electron chi connectivity index (χ1n) is 6.15. The maximum Gasteiger partial charge on any atom is 0.241 e. The molecule has 0 radical (unpaired) electrons. The second-order valence-corrected chi connectivity index (χ2v) is 6.49. The molecule has 1 aliphatic rings. The zero-order valence-corrected chi connectivity index (χ0v) is 12.2. The highest BCUT2D eigenvalue weighted by Gasteiger charge is 2.34. The van der Waals surface area contributed by atoms with Gasteiger partial charge in [-0.2, -0.15) is 5.26 Å². The summed E-state index contributed by atoms with van der Waals surface area (Å²) >= 11 is 3.01. The third-order valence-corrected chi connectivity index (χ3v) is 5.30. The van der Waals surface area contributed by atoms with Crippen molar-refractivity contribution in [2.75, 3.05) is 11.4 Å². The van der Waals surface area contributed by atoms with Crippen molar-refractivity contribution in [3.8, 4) is 6.07 Å². The van der Waals surface area contributed by atoms with E-state index in [4.69, 9.17) is 5.26 Å². The molecule has 3 rings (SSSR count). The lowest BCUT2D eigenvalue weighted by Crippen LogP contribution is -2.27. The molecular weight excluding hydrogens is 290 g/mol. The summed E-state index contributed by atoms with van der Waals surface area (Å²) in [5.41, 5.74) is 0.581. The Labute approximate surface area is 125 Å². The number of aromatic nitrogens is 1. The van der Waals surface area contributed by atoms with Crippen molar-refractivity contribution in [1.82, 2.24) is 4.98 Å². The predicted octanol–water partition coefficient (Wildman–Crippen LogP) is 2.91. The number of nitrogens with zero attached hydrogens (tertiary/aromatic N) is 3. The highest BCUT2D eigenvalue weighted by molar-refractivity contribution is 8.00. The van der Waals surface area contributed by atoms with Gasteiger partial charge in [0.1, 0.15) is 11.1 Å². The molecule has 0 N–H and O–H groups in total. The lowest BCUT2D eigenvalue weighted by Gasteiger charge is -2.15. The van der Waals surface area contributed by atoms with E-state index in [2.05, 4.69) is 11.1 Å². The molecule has 1 fully saturated rings. The Morgan fingerprint density at radius 3 is 2.95 bits per heavy atom. The van der Waals surface area contributed by atoms with E-state index in [0.717, 1.165) is 16.3 Å². The Morgan fingerprint density at radius 2 is 2.20 bits per heavy atom. The monoisotopic (exact) mass is 301 g/mol. The Balaban J connectivity index is 1.76. The van der Waals surface area contributed by atoms with Crippen LogP contribution in [0, 0.1) is 11.3 Å². The maximum atomic E-state index is 12.5. The lowest BCUT2D eigenvalue weighted by molar-refractivity contribution is -0.116. The quantitative estimate of drug-likeness (QED) is 0.874. The van der Waals surface area contributed by atoms with Crippen LogP contribution in [0.4, 0.5) is 5.00 Å². The smallest absolute Gasteiger partial charge is 0.241 e. The van der Waals surface area contributed by atoms with E-state index < -0.39 is 0 Å². The fourth-order valence-electron chi connectivity index (χ4n) is 2.14. The summed E-state index contributed by atoms with van der Waals surface area (Å²) in [6, 6.07) is 7.72. The van der Waals surface area contributed by atoms with E-state index in [1.807, 2.05) is 17.5 Å². The molecule has 2 aromatic rings. The van der Waals surface area contributed by atoms with Gasteiger partial charge >= 0.3 is 0 Å². The zero-order valence-electron chi connectivity index (χ0n) is 10.5. The average molecular weight is 301 g/mol. The number of amides is 1. The Bertz CT molecular complexity index is 663. The summed E-state index contributed by atoms with van der Waals surface area (Å²) in [5, 5.41) is 11.6. The fraction of sp³-hybridized carbons (Fsp3) is 0.214. The van der Waals surface area contributed by atoms with E-state index in [1.54, 1.807) is 35.1 Å². The maximum absolute atomic E-state index is 12.5. The fourth-order valence-corrected chi connectivity index (χ4v) is 4.08. The molecule has 4 nitrogen and oxygen atoms in total. The summed E-state index contributed by atoms with van der Waals surface area (Å²) in [6.45, 7) is 0.677. The first kappa shape index (κ1) is 13.2. The molecule has 0 spiro atoms. The van der Waals surface area contributed by atoms with Crippen LogP contribution >= 0.6 is 23.1 Å². The highest BCUT2D eigenvalue weighted by Crippen LogP contribution is 2.36. The lowest BCUT2D eigenvalue weighted by atomic mass is 10.3. The van der Waals surface area contributed by atoms with Crippen LogP contribution in [0.5, 0.6) is 0 Å². The van der Waals surface area contributed by atoms with Gasteiger partial charge in [0.2, 0.25) is 5.91 Å². The van der Waals surface area contributed by atoms with Crippen molar-refractivity contribution in [1.29, 1.82) is 5.26 Å². The van der Waals surface area contributed by atoms with Gasteiger partial charge in [-0.3, -0.25) is 9.78 Å². The largest absolute Gasteiger partial charge is 0.302 e. The number of carbonyl (C=O) groups is 1.